The monoisotopic (exact) mass is 243 g/mol. The molecule has 17 heavy (non-hydrogen) atoms. The molecule has 0 aliphatic carbocycles. The van der Waals surface area contributed by atoms with Crippen LogP contribution < -0.4 is 5.32 Å². The second-order valence-corrected chi connectivity index (χ2v) is 5.13. The molecule has 0 radical (unpaired) electrons. The quantitative estimate of drug-likeness (QED) is 0.598. The molecule has 0 aromatic heterocycles. The lowest BCUT2D eigenvalue weighted by Gasteiger charge is -2.26. The Morgan fingerprint density at radius 1 is 1.18 bits per heavy atom. The summed E-state index contributed by atoms with van der Waals surface area (Å²) in [5.74, 6) is 0. The van der Waals surface area contributed by atoms with Gasteiger partial charge >= 0.3 is 0 Å². The number of ether oxygens (including phenoxy) is 2. The topological polar surface area (TPSA) is 30.5 Å². The second-order valence-electron chi connectivity index (χ2n) is 5.13. The van der Waals surface area contributed by atoms with Crippen LogP contribution in [-0.4, -0.2) is 39.0 Å². The van der Waals surface area contributed by atoms with Crippen LogP contribution in [0.25, 0.3) is 0 Å². The van der Waals surface area contributed by atoms with Crippen molar-refractivity contribution in [2.24, 2.45) is 0 Å². The molecule has 0 spiro atoms. The van der Waals surface area contributed by atoms with Gasteiger partial charge in [-0.3, -0.25) is 0 Å². The minimum atomic E-state index is -0.0534. The lowest BCUT2D eigenvalue weighted by Crippen LogP contribution is -2.43. The first-order valence-electron chi connectivity index (χ1n) is 7.16. The van der Waals surface area contributed by atoms with E-state index in [0.29, 0.717) is 0 Å². The van der Waals surface area contributed by atoms with Gasteiger partial charge in [0, 0.05) is 26.7 Å². The Hall–Kier alpha value is -0.120. The number of nitrogens with one attached hydrogen (secondary N) is 1. The van der Waals surface area contributed by atoms with Crippen molar-refractivity contribution in [3.8, 4) is 0 Å². The van der Waals surface area contributed by atoms with E-state index in [9.17, 15) is 0 Å². The van der Waals surface area contributed by atoms with Crippen molar-refractivity contribution in [2.75, 3.05) is 33.4 Å². The van der Waals surface area contributed by atoms with Crippen LogP contribution >= 0.6 is 0 Å². The van der Waals surface area contributed by atoms with Crippen molar-refractivity contribution in [3.05, 3.63) is 0 Å². The average molecular weight is 243 g/mol. The van der Waals surface area contributed by atoms with Gasteiger partial charge in [0.1, 0.15) is 5.60 Å². The molecule has 3 heteroatoms. The highest BCUT2D eigenvalue weighted by atomic mass is 16.5. The number of unbranched alkanes of at least 4 members (excludes halogenated alkanes) is 5. The van der Waals surface area contributed by atoms with Crippen LogP contribution in [0, 0.1) is 0 Å². The molecule has 1 unspecified atom stereocenters. The van der Waals surface area contributed by atoms with E-state index < -0.39 is 0 Å². The molecule has 1 saturated heterocycles. The van der Waals surface area contributed by atoms with Gasteiger partial charge in [0.2, 0.25) is 0 Å². The van der Waals surface area contributed by atoms with Gasteiger partial charge in [-0.2, -0.15) is 0 Å². The van der Waals surface area contributed by atoms with Crippen molar-refractivity contribution < 1.29 is 9.47 Å². The lowest BCUT2D eigenvalue weighted by atomic mass is 10.0. The predicted molar refractivity (Wildman–Crippen MR) is 71.4 cm³/mol. The molecule has 3 nitrogen and oxygen atoms in total. The molecule has 1 fully saturated rings. The molecule has 1 aliphatic rings. The minimum absolute atomic E-state index is 0.0534. The van der Waals surface area contributed by atoms with Gasteiger partial charge in [-0.05, 0) is 13.0 Å². The van der Waals surface area contributed by atoms with E-state index >= 15 is 0 Å². The van der Waals surface area contributed by atoms with Crippen molar-refractivity contribution >= 4 is 0 Å². The Balaban J connectivity index is 1.92. The molecule has 0 saturated carbocycles. The van der Waals surface area contributed by atoms with Gasteiger partial charge in [0.25, 0.3) is 0 Å². The summed E-state index contributed by atoms with van der Waals surface area (Å²) in [4.78, 5) is 0. The summed E-state index contributed by atoms with van der Waals surface area (Å²) >= 11 is 0. The Morgan fingerprint density at radius 2 is 1.94 bits per heavy atom. The van der Waals surface area contributed by atoms with Crippen LogP contribution in [0.5, 0.6) is 0 Å². The van der Waals surface area contributed by atoms with Gasteiger partial charge < -0.3 is 14.8 Å². The molecule has 1 rings (SSSR count). The SMILES string of the molecule is CCCCCCCCNCC1(OC)CCOC1. The lowest BCUT2D eigenvalue weighted by molar-refractivity contribution is -0.0156. The molecular weight excluding hydrogens is 214 g/mol. The third-order valence-corrected chi connectivity index (χ3v) is 3.65. The fraction of sp³-hybridized carbons (Fsp3) is 1.00. The van der Waals surface area contributed by atoms with Crippen LogP contribution in [0.3, 0.4) is 0 Å². The fourth-order valence-corrected chi connectivity index (χ4v) is 2.31. The van der Waals surface area contributed by atoms with Gasteiger partial charge in [0.15, 0.2) is 0 Å². The van der Waals surface area contributed by atoms with E-state index in [4.69, 9.17) is 9.47 Å². The summed E-state index contributed by atoms with van der Waals surface area (Å²) in [7, 11) is 1.79. The van der Waals surface area contributed by atoms with Crippen LogP contribution in [0.1, 0.15) is 51.9 Å². The summed E-state index contributed by atoms with van der Waals surface area (Å²) < 4.78 is 11.0. The van der Waals surface area contributed by atoms with Gasteiger partial charge in [-0.15, -0.1) is 0 Å². The number of hydrogen-bond donors (Lipinski definition) is 1. The molecule has 1 N–H and O–H groups in total. The maximum Gasteiger partial charge on any atom is 0.106 e. The molecule has 0 bridgehead atoms. The largest absolute Gasteiger partial charge is 0.378 e. The summed E-state index contributed by atoms with van der Waals surface area (Å²) in [6.07, 6.45) is 9.15. The van der Waals surface area contributed by atoms with Gasteiger partial charge in [-0.1, -0.05) is 39.0 Å². The number of hydrogen-bond acceptors (Lipinski definition) is 3. The first-order valence-corrected chi connectivity index (χ1v) is 7.16. The average Bonchev–Trinajstić information content (AvgIpc) is 2.82. The molecule has 1 aliphatic heterocycles. The Labute approximate surface area is 106 Å². The van der Waals surface area contributed by atoms with E-state index in [-0.39, 0.29) is 5.60 Å². The van der Waals surface area contributed by atoms with Crippen LogP contribution in [-0.2, 0) is 9.47 Å². The van der Waals surface area contributed by atoms with E-state index in [1.54, 1.807) is 7.11 Å². The number of methoxy groups -OCH3 is 1. The smallest absolute Gasteiger partial charge is 0.106 e. The standard InChI is InChI=1S/C14H29NO2/c1-3-4-5-6-7-8-10-15-12-14(16-2)9-11-17-13-14/h15H,3-13H2,1-2H3. The van der Waals surface area contributed by atoms with Crippen molar-refractivity contribution in [3.63, 3.8) is 0 Å². The van der Waals surface area contributed by atoms with Crippen molar-refractivity contribution in [2.45, 2.75) is 57.5 Å². The van der Waals surface area contributed by atoms with Crippen LogP contribution in [0.15, 0.2) is 0 Å². The first kappa shape index (κ1) is 14.9. The molecule has 0 aromatic carbocycles. The third-order valence-electron chi connectivity index (χ3n) is 3.65. The summed E-state index contributed by atoms with van der Waals surface area (Å²) in [5.41, 5.74) is -0.0534. The van der Waals surface area contributed by atoms with E-state index in [0.717, 1.165) is 32.7 Å². The van der Waals surface area contributed by atoms with Crippen molar-refractivity contribution in [1.29, 1.82) is 0 Å². The first-order chi connectivity index (χ1) is 8.33. The Kier molecular flexibility index (Phi) is 7.82. The Morgan fingerprint density at radius 3 is 2.59 bits per heavy atom. The van der Waals surface area contributed by atoms with Crippen molar-refractivity contribution in [1.82, 2.24) is 5.32 Å². The molecule has 1 atom stereocenters. The summed E-state index contributed by atoms with van der Waals surface area (Å²) in [6, 6.07) is 0. The zero-order valence-electron chi connectivity index (χ0n) is 11.6. The molecule has 102 valence electrons. The summed E-state index contributed by atoms with van der Waals surface area (Å²) in [6.45, 7) is 5.88. The van der Waals surface area contributed by atoms with E-state index in [1.807, 2.05) is 0 Å². The minimum Gasteiger partial charge on any atom is -0.378 e. The normalized spacial score (nSPS) is 24.4. The number of rotatable bonds is 10. The molecule has 0 amide bonds. The zero-order chi connectivity index (χ0) is 12.4. The highest BCUT2D eigenvalue weighted by Crippen LogP contribution is 2.21. The maximum atomic E-state index is 5.57. The second kappa shape index (κ2) is 8.90. The van der Waals surface area contributed by atoms with Gasteiger partial charge in [-0.25, -0.2) is 0 Å². The van der Waals surface area contributed by atoms with E-state index in [2.05, 4.69) is 12.2 Å². The fourth-order valence-electron chi connectivity index (χ4n) is 2.31. The van der Waals surface area contributed by atoms with Crippen LogP contribution in [0.4, 0.5) is 0 Å². The third kappa shape index (κ3) is 5.84. The summed E-state index contributed by atoms with van der Waals surface area (Å²) in [5, 5.41) is 3.50. The molecular formula is C14H29NO2. The Bertz CT molecular complexity index is 179. The molecule has 0 aromatic rings. The molecule has 1 heterocycles. The maximum absolute atomic E-state index is 5.57. The van der Waals surface area contributed by atoms with E-state index in [1.165, 1.54) is 38.5 Å². The van der Waals surface area contributed by atoms with Gasteiger partial charge in [0.05, 0.1) is 6.61 Å². The predicted octanol–water partition coefficient (Wildman–Crippen LogP) is 2.74. The highest BCUT2D eigenvalue weighted by molar-refractivity contribution is 4.86. The highest BCUT2D eigenvalue weighted by Gasteiger charge is 2.34. The zero-order valence-corrected chi connectivity index (χ0v) is 11.6. The van der Waals surface area contributed by atoms with Crippen LogP contribution in [0.2, 0.25) is 0 Å².